The molecule has 0 unspecified atom stereocenters. The van der Waals surface area contributed by atoms with Crippen molar-refractivity contribution in [1.82, 2.24) is 20.1 Å². The number of amides is 3. The summed E-state index contributed by atoms with van der Waals surface area (Å²) in [6, 6.07) is 13.0. The first-order chi connectivity index (χ1) is 18.4. The molecule has 0 saturated carbocycles. The smallest absolute Gasteiger partial charge is 0.324 e. The highest BCUT2D eigenvalue weighted by Gasteiger charge is 2.22. The lowest BCUT2D eigenvalue weighted by Gasteiger charge is -2.14. The first-order valence-electron chi connectivity index (χ1n) is 11.7. The second-order valence-electron chi connectivity index (χ2n) is 9.46. The molecule has 2 aromatic heterocycles. The predicted molar refractivity (Wildman–Crippen MR) is 149 cm³/mol. The minimum absolute atomic E-state index is 0.0949. The van der Waals surface area contributed by atoms with Crippen LogP contribution in [0, 0.1) is 5.82 Å². The number of nitrogens with zero attached hydrogens (tertiary/aromatic N) is 3. The van der Waals surface area contributed by atoms with Crippen molar-refractivity contribution in [3.05, 3.63) is 88.0 Å². The third-order valence-electron chi connectivity index (χ3n) is 5.48. The summed E-state index contributed by atoms with van der Waals surface area (Å²) < 4.78 is 21.9. The molecule has 0 fully saturated rings. The average molecular weight is 571 g/mol. The van der Waals surface area contributed by atoms with E-state index in [0.29, 0.717) is 21.6 Å². The van der Waals surface area contributed by atoms with E-state index < -0.39 is 17.8 Å². The molecule has 2 aromatic carbocycles. The van der Waals surface area contributed by atoms with Crippen molar-refractivity contribution in [3.8, 4) is 17.2 Å². The quantitative estimate of drug-likeness (QED) is 0.236. The number of ether oxygens (including phenoxy) is 1. The van der Waals surface area contributed by atoms with Crippen LogP contribution >= 0.6 is 23.2 Å². The van der Waals surface area contributed by atoms with Gasteiger partial charge in [0, 0.05) is 42.5 Å². The van der Waals surface area contributed by atoms with Crippen LogP contribution in [0.3, 0.4) is 0 Å². The molecule has 4 rings (SSSR count). The summed E-state index contributed by atoms with van der Waals surface area (Å²) in [6.07, 6.45) is 1.38. The maximum absolute atomic E-state index is 14.8. The summed E-state index contributed by atoms with van der Waals surface area (Å²) in [5.74, 6) is -0.613. The number of pyridine rings is 1. The molecule has 3 N–H and O–H groups in total. The second kappa shape index (κ2) is 11.3. The largest absolute Gasteiger partial charge is 0.454 e. The molecule has 0 aliphatic heterocycles. The number of carbonyl (C=O) groups excluding carboxylic acids is 2. The molecule has 0 atom stereocenters. The van der Waals surface area contributed by atoms with Gasteiger partial charge in [-0.3, -0.25) is 15.1 Å². The van der Waals surface area contributed by atoms with Crippen LogP contribution in [0.1, 0.15) is 37.0 Å². The van der Waals surface area contributed by atoms with E-state index in [1.165, 1.54) is 37.5 Å². The number of aromatic nitrogens is 3. The number of hydrogen-bond acceptors (Lipinski definition) is 5. The van der Waals surface area contributed by atoms with Crippen LogP contribution in [0.15, 0.2) is 60.8 Å². The lowest BCUT2D eigenvalue weighted by molar-refractivity contribution is 0.0958. The number of hydrogen-bond donors (Lipinski definition) is 3. The number of carbonyl (C=O) groups is 2. The lowest BCUT2D eigenvalue weighted by Crippen LogP contribution is -2.21. The number of rotatable bonds is 6. The van der Waals surface area contributed by atoms with Gasteiger partial charge in [0.15, 0.2) is 11.6 Å². The summed E-state index contributed by atoms with van der Waals surface area (Å²) in [6.45, 7) is 5.99. The Bertz CT molecular complexity index is 1550. The van der Waals surface area contributed by atoms with E-state index >= 15 is 0 Å². The number of nitrogens with one attached hydrogen (secondary N) is 3. The van der Waals surface area contributed by atoms with Gasteiger partial charge in [-0.2, -0.15) is 5.10 Å². The summed E-state index contributed by atoms with van der Waals surface area (Å²) in [7, 11) is 1.48. The Hall–Kier alpha value is -4.15. The summed E-state index contributed by atoms with van der Waals surface area (Å²) >= 11 is 12.2. The van der Waals surface area contributed by atoms with Crippen molar-refractivity contribution < 1.29 is 18.7 Å². The van der Waals surface area contributed by atoms with Crippen molar-refractivity contribution in [1.29, 1.82) is 0 Å². The molecular weight excluding hydrogens is 546 g/mol. The second-order valence-corrected chi connectivity index (χ2v) is 10.3. The predicted octanol–water partition coefficient (Wildman–Crippen LogP) is 6.81. The van der Waals surface area contributed by atoms with E-state index in [9.17, 15) is 14.0 Å². The zero-order valence-corrected chi connectivity index (χ0v) is 23.0. The molecule has 3 amide bonds. The van der Waals surface area contributed by atoms with Crippen LogP contribution in [0.2, 0.25) is 10.0 Å². The van der Waals surface area contributed by atoms with Crippen LogP contribution in [-0.4, -0.2) is 33.8 Å². The number of anilines is 2. The SMILES string of the molecule is CNC(=O)c1cc(Oc2ccc(NC(=O)Nc3cc(C(C)(C)C)nn3-c3ccc(Cl)c(Cl)c3)cc2F)ccn1. The van der Waals surface area contributed by atoms with Crippen molar-refractivity contribution >= 4 is 46.6 Å². The van der Waals surface area contributed by atoms with E-state index in [0.717, 1.165) is 11.8 Å². The Morgan fingerprint density at radius 3 is 2.41 bits per heavy atom. The fourth-order valence-electron chi connectivity index (χ4n) is 3.44. The van der Waals surface area contributed by atoms with Crippen molar-refractivity contribution in [2.45, 2.75) is 26.2 Å². The zero-order valence-electron chi connectivity index (χ0n) is 21.5. The Morgan fingerprint density at radius 1 is 0.974 bits per heavy atom. The van der Waals surface area contributed by atoms with Crippen LogP contribution < -0.4 is 20.7 Å². The van der Waals surface area contributed by atoms with E-state index in [-0.39, 0.29) is 28.3 Å². The van der Waals surface area contributed by atoms with E-state index in [4.69, 9.17) is 27.9 Å². The minimum atomic E-state index is -0.720. The van der Waals surface area contributed by atoms with Crippen LogP contribution in [0.5, 0.6) is 11.5 Å². The molecule has 0 aliphatic carbocycles. The highest BCUT2D eigenvalue weighted by molar-refractivity contribution is 6.42. The maximum atomic E-state index is 14.8. The van der Waals surface area contributed by atoms with Gasteiger partial charge in [-0.15, -0.1) is 0 Å². The van der Waals surface area contributed by atoms with Gasteiger partial charge in [0.05, 0.1) is 21.4 Å². The van der Waals surface area contributed by atoms with Gasteiger partial charge >= 0.3 is 6.03 Å². The molecule has 202 valence electrons. The summed E-state index contributed by atoms with van der Waals surface area (Å²) in [5, 5.41) is 13.2. The molecule has 9 nitrogen and oxygen atoms in total. The van der Waals surface area contributed by atoms with E-state index in [1.54, 1.807) is 28.9 Å². The monoisotopic (exact) mass is 570 g/mol. The Morgan fingerprint density at radius 2 is 1.74 bits per heavy atom. The third-order valence-corrected chi connectivity index (χ3v) is 6.21. The topological polar surface area (TPSA) is 110 Å². The molecule has 0 saturated heterocycles. The van der Waals surface area contributed by atoms with Gasteiger partial charge in [0.25, 0.3) is 5.91 Å². The number of urea groups is 1. The molecule has 2 heterocycles. The number of halogens is 3. The first-order valence-corrected chi connectivity index (χ1v) is 12.5. The van der Waals surface area contributed by atoms with E-state index in [2.05, 4.69) is 26.0 Å². The molecule has 39 heavy (non-hydrogen) atoms. The standard InChI is InChI=1S/C27H25Cl2FN6O3/c1-27(2,3)23-14-24(36(35-23)16-6-7-18(28)19(29)12-16)34-26(38)33-15-5-8-22(20(30)11-15)39-17-9-10-32-21(13-17)25(37)31-4/h5-14H,1-4H3,(H,31,37)(H2,33,34,38). The zero-order chi connectivity index (χ0) is 28.3. The molecule has 0 aliphatic rings. The molecule has 0 bridgehead atoms. The van der Waals surface area contributed by atoms with Crippen molar-refractivity contribution in [2.24, 2.45) is 0 Å². The van der Waals surface area contributed by atoms with Gasteiger partial charge in [-0.05, 0) is 36.4 Å². The first kappa shape index (κ1) is 27.9. The molecule has 4 aromatic rings. The van der Waals surface area contributed by atoms with Gasteiger partial charge in [0.2, 0.25) is 0 Å². The van der Waals surface area contributed by atoms with E-state index in [1.807, 2.05) is 20.8 Å². The third kappa shape index (κ3) is 6.65. The fraction of sp³-hybridized carbons (Fsp3) is 0.185. The number of benzene rings is 2. The van der Waals surface area contributed by atoms with Gasteiger partial charge in [-0.25, -0.2) is 13.9 Å². The fourth-order valence-corrected chi connectivity index (χ4v) is 3.74. The minimum Gasteiger partial charge on any atom is -0.454 e. The normalized spacial score (nSPS) is 11.2. The highest BCUT2D eigenvalue weighted by Crippen LogP contribution is 2.30. The molecule has 0 radical (unpaired) electrons. The van der Waals surface area contributed by atoms with Crippen molar-refractivity contribution in [2.75, 3.05) is 17.7 Å². The van der Waals surface area contributed by atoms with Crippen LogP contribution in [0.4, 0.5) is 20.7 Å². The average Bonchev–Trinajstić information content (AvgIpc) is 3.31. The highest BCUT2D eigenvalue weighted by atomic mass is 35.5. The lowest BCUT2D eigenvalue weighted by atomic mass is 9.92. The maximum Gasteiger partial charge on any atom is 0.324 e. The van der Waals surface area contributed by atoms with Gasteiger partial charge in [-0.1, -0.05) is 44.0 Å². The Labute approximate surface area is 234 Å². The van der Waals surface area contributed by atoms with Crippen molar-refractivity contribution in [3.63, 3.8) is 0 Å². The van der Waals surface area contributed by atoms with Crippen LogP contribution in [-0.2, 0) is 5.41 Å². The molecule has 12 heteroatoms. The van der Waals surface area contributed by atoms with Gasteiger partial charge < -0.3 is 15.4 Å². The Kier molecular flexibility index (Phi) is 8.08. The summed E-state index contributed by atoms with van der Waals surface area (Å²) in [5.41, 5.74) is 1.34. The van der Waals surface area contributed by atoms with Gasteiger partial charge in [0.1, 0.15) is 17.3 Å². The molecular formula is C27H25Cl2FN6O3. The van der Waals surface area contributed by atoms with Crippen LogP contribution in [0.25, 0.3) is 5.69 Å². The summed E-state index contributed by atoms with van der Waals surface area (Å²) in [4.78, 5) is 28.6. The molecule has 0 spiro atoms. The Balaban J connectivity index is 1.51.